The molecule has 1 amide bonds. The number of carbonyl (C=O) groups excluding carboxylic acids is 1. The van der Waals surface area contributed by atoms with Crippen molar-refractivity contribution in [2.45, 2.75) is 89.7 Å². The van der Waals surface area contributed by atoms with Crippen LogP contribution in [0.25, 0.3) is 0 Å². The van der Waals surface area contributed by atoms with Gasteiger partial charge in [0.05, 0.1) is 0 Å². The smallest absolute Gasteiger partial charge is 0.222 e. The molecule has 1 saturated heterocycles. The van der Waals surface area contributed by atoms with E-state index in [1.165, 1.54) is 6.42 Å². The maximum absolute atomic E-state index is 12.3. The number of nitrogens with zero attached hydrogens (tertiary/aromatic N) is 1. The summed E-state index contributed by atoms with van der Waals surface area (Å²) in [7, 11) is 2.01. The van der Waals surface area contributed by atoms with Gasteiger partial charge < -0.3 is 15.1 Å². The van der Waals surface area contributed by atoms with Crippen LogP contribution in [0, 0.1) is 40.4 Å². The molecular formula is C24H37NO3. The largest absolute Gasteiger partial charge is 0.396 e. The second-order valence-corrected chi connectivity index (χ2v) is 10.5. The number of hydrogen-bond acceptors (Lipinski definition) is 3. The maximum Gasteiger partial charge on any atom is 0.222 e. The number of aliphatic hydroxyl groups excluding tert-OH is 1. The van der Waals surface area contributed by atoms with Crippen LogP contribution in [-0.2, 0) is 4.79 Å². The molecule has 4 aliphatic rings. The fourth-order valence-electron chi connectivity index (χ4n) is 7.75. The van der Waals surface area contributed by atoms with Crippen molar-refractivity contribution < 1.29 is 15.0 Å². The lowest BCUT2D eigenvalue weighted by Gasteiger charge is -2.62. The van der Waals surface area contributed by atoms with Gasteiger partial charge in [-0.2, -0.15) is 0 Å². The molecule has 0 bridgehead atoms. The summed E-state index contributed by atoms with van der Waals surface area (Å²) in [4.78, 5) is 14.3. The van der Waals surface area contributed by atoms with Crippen LogP contribution in [0.2, 0.25) is 0 Å². The van der Waals surface area contributed by atoms with Gasteiger partial charge in [0.1, 0.15) is 5.60 Å². The first-order valence-electron chi connectivity index (χ1n) is 11.4. The summed E-state index contributed by atoms with van der Waals surface area (Å²) in [5.41, 5.74) is -0.782. The molecule has 156 valence electrons. The van der Waals surface area contributed by atoms with Crippen LogP contribution < -0.4 is 0 Å². The SMILES string of the molecule is CN1C(=O)CC[C@]2(C)C3CC[C@@]4(C)C(CC[C@@]4(O)C#CCCCO)C3CCC12. The fourth-order valence-corrected chi connectivity index (χ4v) is 7.75. The topological polar surface area (TPSA) is 60.8 Å². The van der Waals surface area contributed by atoms with Crippen molar-refractivity contribution in [3.63, 3.8) is 0 Å². The first kappa shape index (κ1) is 20.2. The van der Waals surface area contributed by atoms with E-state index in [4.69, 9.17) is 5.11 Å². The Balaban J connectivity index is 1.58. The highest BCUT2D eigenvalue weighted by Crippen LogP contribution is 2.66. The van der Waals surface area contributed by atoms with Crippen LogP contribution in [0.15, 0.2) is 0 Å². The molecule has 7 atom stereocenters. The lowest BCUT2D eigenvalue weighted by molar-refractivity contribution is -0.163. The normalized spacial score (nSPS) is 47.6. The van der Waals surface area contributed by atoms with Crippen molar-refractivity contribution in [2.75, 3.05) is 13.7 Å². The Kier molecular flexibility index (Phi) is 5.08. The molecule has 0 aromatic heterocycles. The second-order valence-electron chi connectivity index (χ2n) is 10.5. The molecule has 4 rings (SSSR count). The standard InChI is InChI=1S/C24H37NO3/c1-22-13-11-21(27)25(3)20(22)8-7-17-18(22)9-14-23(2)19(17)10-15-24(23,28)12-5-4-6-16-26/h17-20,26,28H,4,6-11,13-16H2,1-3H3/t17?,18?,19?,20?,22-,23+,24+/m1/s1. The Bertz CT molecular complexity index is 696. The highest BCUT2D eigenvalue weighted by molar-refractivity contribution is 5.77. The number of hydrogen-bond donors (Lipinski definition) is 2. The summed E-state index contributed by atoms with van der Waals surface area (Å²) >= 11 is 0. The van der Waals surface area contributed by atoms with Crippen molar-refractivity contribution in [1.82, 2.24) is 4.90 Å². The number of carbonyl (C=O) groups is 1. The molecule has 2 N–H and O–H groups in total. The number of rotatable bonds is 2. The van der Waals surface area contributed by atoms with E-state index in [1.807, 2.05) is 11.9 Å². The average molecular weight is 388 g/mol. The molecule has 1 aliphatic heterocycles. The summed E-state index contributed by atoms with van der Waals surface area (Å²) in [6.07, 6.45) is 9.36. The van der Waals surface area contributed by atoms with Crippen molar-refractivity contribution in [2.24, 2.45) is 28.6 Å². The van der Waals surface area contributed by atoms with Crippen LogP contribution in [0.3, 0.4) is 0 Å². The van der Waals surface area contributed by atoms with E-state index in [1.54, 1.807) is 0 Å². The Morgan fingerprint density at radius 3 is 2.61 bits per heavy atom. The van der Waals surface area contributed by atoms with Crippen molar-refractivity contribution in [1.29, 1.82) is 0 Å². The minimum atomic E-state index is -0.880. The molecule has 4 fully saturated rings. The van der Waals surface area contributed by atoms with Gasteiger partial charge in [-0.15, -0.1) is 5.92 Å². The molecule has 1 heterocycles. The van der Waals surface area contributed by atoms with Crippen molar-refractivity contribution in [3.05, 3.63) is 0 Å². The van der Waals surface area contributed by atoms with E-state index in [0.29, 0.717) is 49.0 Å². The number of amides is 1. The first-order valence-corrected chi connectivity index (χ1v) is 11.4. The van der Waals surface area contributed by atoms with Gasteiger partial charge in [-0.25, -0.2) is 0 Å². The third kappa shape index (κ3) is 2.76. The van der Waals surface area contributed by atoms with Gasteiger partial charge in [0.25, 0.3) is 0 Å². The molecule has 4 unspecified atom stereocenters. The predicted molar refractivity (Wildman–Crippen MR) is 109 cm³/mol. The number of likely N-dealkylation sites (tertiary alicyclic amines) is 1. The molecule has 4 heteroatoms. The van der Waals surface area contributed by atoms with Crippen molar-refractivity contribution >= 4 is 5.91 Å². The van der Waals surface area contributed by atoms with Crippen LogP contribution in [0.4, 0.5) is 0 Å². The molecule has 0 spiro atoms. The van der Waals surface area contributed by atoms with Gasteiger partial charge in [0, 0.05) is 38.0 Å². The van der Waals surface area contributed by atoms with E-state index in [-0.39, 0.29) is 17.4 Å². The van der Waals surface area contributed by atoms with Crippen LogP contribution in [0.5, 0.6) is 0 Å². The molecule has 4 nitrogen and oxygen atoms in total. The zero-order chi connectivity index (χ0) is 20.2. The molecular weight excluding hydrogens is 350 g/mol. The summed E-state index contributed by atoms with van der Waals surface area (Å²) in [6, 6.07) is 0.387. The fraction of sp³-hybridized carbons (Fsp3) is 0.875. The van der Waals surface area contributed by atoms with E-state index >= 15 is 0 Å². The third-order valence-electron chi connectivity index (χ3n) is 9.46. The maximum atomic E-state index is 12.3. The zero-order valence-electron chi connectivity index (χ0n) is 17.8. The monoisotopic (exact) mass is 387 g/mol. The predicted octanol–water partition coefficient (Wildman–Crippen LogP) is 3.36. The quantitative estimate of drug-likeness (QED) is 0.564. The molecule has 3 aliphatic carbocycles. The van der Waals surface area contributed by atoms with E-state index in [0.717, 1.165) is 38.5 Å². The molecule has 0 radical (unpaired) electrons. The molecule has 3 saturated carbocycles. The zero-order valence-corrected chi connectivity index (χ0v) is 17.8. The van der Waals surface area contributed by atoms with E-state index in [9.17, 15) is 9.90 Å². The minimum Gasteiger partial charge on any atom is -0.396 e. The van der Waals surface area contributed by atoms with Gasteiger partial charge in [-0.1, -0.05) is 19.8 Å². The summed E-state index contributed by atoms with van der Waals surface area (Å²) < 4.78 is 0. The van der Waals surface area contributed by atoms with Gasteiger partial charge in [-0.3, -0.25) is 4.79 Å². The Morgan fingerprint density at radius 2 is 1.86 bits per heavy atom. The van der Waals surface area contributed by atoms with Gasteiger partial charge in [-0.05, 0) is 74.5 Å². The lowest BCUT2D eigenvalue weighted by atomic mass is 9.46. The third-order valence-corrected chi connectivity index (χ3v) is 9.46. The Morgan fingerprint density at radius 1 is 1.11 bits per heavy atom. The van der Waals surface area contributed by atoms with Gasteiger partial charge in [0.15, 0.2) is 0 Å². The summed E-state index contributed by atoms with van der Waals surface area (Å²) in [5.74, 6) is 8.56. The number of piperidine rings is 1. The Hall–Kier alpha value is -1.05. The summed E-state index contributed by atoms with van der Waals surface area (Å²) in [6.45, 7) is 4.88. The van der Waals surface area contributed by atoms with Crippen molar-refractivity contribution in [3.8, 4) is 11.8 Å². The second kappa shape index (κ2) is 7.03. The van der Waals surface area contributed by atoms with Crippen LogP contribution in [-0.4, -0.2) is 46.3 Å². The van der Waals surface area contributed by atoms with E-state index < -0.39 is 5.60 Å². The van der Waals surface area contributed by atoms with Gasteiger partial charge in [0.2, 0.25) is 5.91 Å². The average Bonchev–Trinajstić information content (AvgIpc) is 2.94. The molecule has 28 heavy (non-hydrogen) atoms. The lowest BCUT2D eigenvalue weighted by Crippen LogP contribution is -2.62. The molecule has 0 aromatic rings. The first-order chi connectivity index (χ1) is 13.3. The highest BCUT2D eigenvalue weighted by Gasteiger charge is 2.64. The van der Waals surface area contributed by atoms with Gasteiger partial charge >= 0.3 is 0 Å². The summed E-state index contributed by atoms with van der Waals surface area (Å²) in [5, 5.41) is 20.5. The highest BCUT2D eigenvalue weighted by atomic mass is 16.3. The number of unbranched alkanes of at least 4 members (excludes halogenated alkanes) is 1. The van der Waals surface area contributed by atoms with Crippen LogP contribution in [0.1, 0.15) is 78.1 Å². The Labute approximate surface area is 170 Å². The number of aliphatic hydroxyl groups is 2. The van der Waals surface area contributed by atoms with E-state index in [2.05, 4.69) is 25.7 Å². The van der Waals surface area contributed by atoms with Crippen LogP contribution >= 0.6 is 0 Å². The molecule has 0 aromatic carbocycles. The minimum absolute atomic E-state index is 0.125. The number of fused-ring (bicyclic) bond motifs is 5.